The summed E-state index contributed by atoms with van der Waals surface area (Å²) < 4.78 is 97.3. The van der Waals surface area contributed by atoms with Crippen LogP contribution in [0, 0.1) is 43.5 Å². The molecule has 0 N–H and O–H groups in total. The van der Waals surface area contributed by atoms with Crippen LogP contribution >= 0.6 is 11.3 Å². The van der Waals surface area contributed by atoms with Crippen molar-refractivity contribution in [2.75, 3.05) is 0 Å². The molecule has 0 aliphatic heterocycles. The molecule has 3 heterocycles. The van der Waals surface area contributed by atoms with Crippen LogP contribution in [0.15, 0.2) is 73.1 Å². The zero-order chi connectivity index (χ0) is 44.7. The summed E-state index contributed by atoms with van der Waals surface area (Å²) in [6, 6.07) is 23.6. The van der Waals surface area contributed by atoms with Gasteiger partial charge >= 0.3 is 0 Å². The van der Waals surface area contributed by atoms with Crippen LogP contribution in [-0.4, -0.2) is 15.0 Å². The van der Waals surface area contributed by atoms with Gasteiger partial charge in [-0.25, -0.2) is 4.98 Å². The SMILES string of the molecule is [2H]C([2H])([2H])c1c[c-]c(-c2ccc(C([2H])([2H])[2H])cn2)cc1.[2H]C([2H])([2H])c1cnc2c3[c-]cccc3c3cc4nc(C([2H])([2H])C(C)(C)C)sc4cc3c2c1C1([2H])CCC(C)(C)CC1.[Ir]. The maximum atomic E-state index is 9.79. The van der Waals surface area contributed by atoms with E-state index in [-0.39, 0.29) is 42.2 Å². The Morgan fingerprint density at radius 2 is 1.74 bits per heavy atom. The predicted molar refractivity (Wildman–Crippen MR) is 210 cm³/mol. The van der Waals surface area contributed by atoms with E-state index < -0.39 is 38.2 Å². The van der Waals surface area contributed by atoms with E-state index in [4.69, 9.17) is 25.0 Å². The third-order valence-corrected chi connectivity index (χ3v) is 10.1. The van der Waals surface area contributed by atoms with E-state index in [0.717, 1.165) is 39.1 Å². The molecule has 0 saturated heterocycles. The van der Waals surface area contributed by atoms with Gasteiger partial charge in [0.25, 0.3) is 0 Å². The van der Waals surface area contributed by atoms with Gasteiger partial charge in [0.05, 0.1) is 15.2 Å². The Labute approximate surface area is 332 Å². The Morgan fingerprint density at radius 1 is 0.940 bits per heavy atom. The molecule has 1 radical (unpaired) electrons. The summed E-state index contributed by atoms with van der Waals surface area (Å²) in [5.41, 5.74) is 3.06. The summed E-state index contributed by atoms with van der Waals surface area (Å²) in [6.07, 6.45) is 3.94. The summed E-state index contributed by atoms with van der Waals surface area (Å²) in [5.74, 6) is -1.08. The van der Waals surface area contributed by atoms with E-state index in [0.29, 0.717) is 51.1 Å². The molecular weight excluding hydrogens is 807 g/mol. The van der Waals surface area contributed by atoms with Crippen LogP contribution in [0.2, 0.25) is 0 Å². The van der Waals surface area contributed by atoms with E-state index >= 15 is 0 Å². The van der Waals surface area contributed by atoms with Crippen LogP contribution in [0.1, 0.15) is 110 Å². The Hall–Kier alpha value is -3.50. The van der Waals surface area contributed by atoms with Gasteiger partial charge in [-0.3, -0.25) is 0 Å². The van der Waals surface area contributed by atoms with Crippen LogP contribution in [-0.2, 0) is 26.5 Å². The second-order valence-electron chi connectivity index (χ2n) is 14.7. The van der Waals surface area contributed by atoms with Crippen molar-refractivity contribution in [2.24, 2.45) is 10.8 Å². The smallest absolute Gasteiger partial charge is 0.0943 e. The van der Waals surface area contributed by atoms with Gasteiger partial charge in [0.15, 0.2) is 0 Å². The van der Waals surface area contributed by atoms with Crippen molar-refractivity contribution in [3.8, 4) is 11.3 Å². The van der Waals surface area contributed by atoms with Crippen LogP contribution < -0.4 is 0 Å². The number of nitrogens with zero attached hydrogens (tertiary/aromatic N) is 3. The van der Waals surface area contributed by atoms with Crippen LogP contribution in [0.3, 0.4) is 0 Å². The number of rotatable bonds is 3. The summed E-state index contributed by atoms with van der Waals surface area (Å²) in [7, 11) is 0. The molecule has 1 fully saturated rings. The van der Waals surface area contributed by atoms with Gasteiger partial charge in [-0.15, -0.1) is 76.4 Å². The molecule has 0 atom stereocenters. The number of hydrogen-bond donors (Lipinski definition) is 0. The summed E-state index contributed by atoms with van der Waals surface area (Å²) >= 11 is 1.34. The zero-order valence-electron chi connectivity index (χ0n) is 40.8. The van der Waals surface area contributed by atoms with Gasteiger partial charge in [0.2, 0.25) is 0 Å². The van der Waals surface area contributed by atoms with E-state index in [1.807, 2.05) is 51.1 Å². The number of thiazole rings is 1. The molecule has 5 heteroatoms. The Bertz CT molecular complexity index is 2700. The normalized spacial score (nSPS) is 20.1. The molecule has 3 nitrogen and oxygen atoms in total. The molecular formula is C45H47IrN3S-2. The molecule has 3 aromatic heterocycles. The molecule has 0 unspecified atom stereocenters. The topological polar surface area (TPSA) is 38.7 Å². The van der Waals surface area contributed by atoms with Crippen molar-refractivity contribution >= 4 is 54.0 Å². The van der Waals surface area contributed by atoms with Crippen molar-refractivity contribution in [1.29, 1.82) is 0 Å². The van der Waals surface area contributed by atoms with Gasteiger partial charge < -0.3 is 9.97 Å². The molecule has 1 aliphatic rings. The monoisotopic (exact) mass is 866 g/mol. The van der Waals surface area contributed by atoms with Gasteiger partial charge in [0.1, 0.15) is 0 Å². The van der Waals surface area contributed by atoms with Gasteiger partial charge in [-0.1, -0.05) is 64.4 Å². The number of fused-ring (bicyclic) bond motifs is 7. The Kier molecular flexibility index (Phi) is 6.81. The third-order valence-electron chi connectivity index (χ3n) is 9.15. The average molecular weight is 866 g/mol. The van der Waals surface area contributed by atoms with E-state index in [1.165, 1.54) is 41.9 Å². The average Bonchev–Trinajstić information content (AvgIpc) is 3.61. The molecule has 1 aliphatic carbocycles. The number of aryl methyl sites for hydroxylation is 3. The first-order chi connectivity index (χ1) is 28.1. The van der Waals surface area contributed by atoms with Gasteiger partial charge in [-0.2, -0.15) is 0 Å². The Balaban J connectivity index is 0.000000258. The molecule has 0 spiro atoms. The van der Waals surface area contributed by atoms with Crippen molar-refractivity contribution in [2.45, 2.75) is 93.1 Å². The van der Waals surface area contributed by atoms with Gasteiger partial charge in [0, 0.05) is 55.3 Å². The Morgan fingerprint density at radius 3 is 2.42 bits per heavy atom. The first-order valence-electron chi connectivity index (χ1n) is 22.6. The number of aromatic nitrogens is 3. The van der Waals surface area contributed by atoms with Gasteiger partial charge in [-0.05, 0) is 107 Å². The first kappa shape index (κ1) is 23.9. The first-order valence-corrected chi connectivity index (χ1v) is 17.4. The molecule has 7 aromatic rings. The quantitative estimate of drug-likeness (QED) is 0.131. The fourth-order valence-electron chi connectivity index (χ4n) is 6.58. The van der Waals surface area contributed by atoms with Crippen LogP contribution in [0.25, 0.3) is 53.9 Å². The molecule has 4 aromatic carbocycles. The standard InChI is InChI=1S/C32H35N2S.C13H12N.Ir/c1-19-18-33-30-22-10-8-7-9-21(22)23-15-25-26(35-27(34-25)17-31(2,3)4)16-24(23)29(30)28(19)20-11-13-32(5,6)14-12-20;1-10-3-6-12(7-4-10)13-8-5-11(2)9-14-13;/h7-9,15-16,18,20H,11-14,17H2,1-6H3;3-6,8-9H,1-2H3;/q2*-1;/i1D3,17D2,20D;1D3,2D3;. The minimum absolute atomic E-state index is 0. The molecule has 50 heavy (non-hydrogen) atoms. The van der Waals surface area contributed by atoms with Crippen molar-refractivity contribution in [3.63, 3.8) is 0 Å². The van der Waals surface area contributed by atoms with E-state index in [9.17, 15) is 1.37 Å². The predicted octanol–water partition coefficient (Wildman–Crippen LogP) is 12.7. The summed E-state index contributed by atoms with van der Waals surface area (Å²) in [5, 5.41) is 4.55. The third kappa shape index (κ3) is 7.57. The molecule has 8 rings (SSSR count). The fraction of sp³-hybridized carbons (Fsp3) is 0.356. The number of pyridine rings is 2. The number of hydrogen-bond acceptors (Lipinski definition) is 4. The van der Waals surface area contributed by atoms with Crippen molar-refractivity contribution in [3.05, 3.63) is 112 Å². The number of benzene rings is 4. The summed E-state index contributed by atoms with van der Waals surface area (Å²) in [6.45, 7) is 3.29. The van der Waals surface area contributed by atoms with Crippen molar-refractivity contribution in [1.82, 2.24) is 15.0 Å². The molecule has 259 valence electrons. The largest absolute Gasteiger partial charge is 0.304 e. The maximum absolute atomic E-state index is 9.79. The molecule has 1 saturated carbocycles. The van der Waals surface area contributed by atoms with Crippen LogP contribution in [0.4, 0.5) is 0 Å². The minimum Gasteiger partial charge on any atom is -0.304 e. The van der Waals surface area contributed by atoms with E-state index in [2.05, 4.69) is 31.0 Å². The fourth-order valence-corrected chi connectivity index (χ4v) is 7.68. The summed E-state index contributed by atoms with van der Waals surface area (Å²) in [4.78, 5) is 13.6. The molecule has 0 bridgehead atoms. The second-order valence-corrected chi connectivity index (χ2v) is 15.7. The molecule has 0 amide bonds. The van der Waals surface area contributed by atoms with Crippen LogP contribution in [0.5, 0.6) is 0 Å². The second kappa shape index (κ2) is 14.3. The van der Waals surface area contributed by atoms with Crippen molar-refractivity contribution < 1.29 is 36.6 Å². The maximum Gasteiger partial charge on any atom is 0.0943 e. The minimum atomic E-state index is -2.43. The zero-order valence-corrected chi connectivity index (χ0v) is 32.1. The van der Waals surface area contributed by atoms with E-state index in [1.54, 1.807) is 12.1 Å².